The van der Waals surface area contributed by atoms with Crippen molar-refractivity contribution in [3.05, 3.63) is 42.0 Å². The quantitative estimate of drug-likeness (QED) is 0.706. The van der Waals surface area contributed by atoms with Gasteiger partial charge in [0.1, 0.15) is 5.82 Å². The number of rotatable bonds is 2. The Morgan fingerprint density at radius 2 is 1.74 bits per heavy atom. The number of nitrogens with two attached hydrogens (primary N) is 3. The van der Waals surface area contributed by atoms with Crippen molar-refractivity contribution in [2.45, 2.75) is 6.42 Å². The molecule has 5 nitrogen and oxygen atoms in total. The molecular weight excluding hydrogens is 238 g/mol. The van der Waals surface area contributed by atoms with Gasteiger partial charge in [-0.2, -0.15) is 4.98 Å². The molecule has 1 heterocycles. The summed E-state index contributed by atoms with van der Waals surface area (Å²) in [5.74, 6) is 0.905. The second kappa shape index (κ2) is 4.28. The molecule has 0 spiro atoms. The van der Waals surface area contributed by atoms with Crippen LogP contribution in [0.25, 0.3) is 10.9 Å². The fourth-order valence-electron chi connectivity index (χ4n) is 2.43. The molecule has 0 saturated carbocycles. The number of fused-ring (bicyclic) bond motifs is 1. The molecule has 6 N–H and O–H groups in total. The molecule has 0 unspecified atom stereocenters. The van der Waals surface area contributed by atoms with Crippen molar-refractivity contribution in [1.82, 2.24) is 9.97 Å². The molecule has 1 aromatic heterocycles. The smallest absolute Gasteiger partial charge is 0.222 e. The molecule has 0 aliphatic heterocycles. The number of nitrogen functional groups attached to an aromatic ring is 3. The van der Waals surface area contributed by atoms with E-state index in [0.717, 1.165) is 22.9 Å². The zero-order valence-corrected chi connectivity index (χ0v) is 10.4. The van der Waals surface area contributed by atoms with Gasteiger partial charge >= 0.3 is 0 Å². The minimum absolute atomic E-state index is 0.182. The third-order valence-electron chi connectivity index (χ3n) is 3.32. The lowest BCUT2D eigenvalue weighted by molar-refractivity contribution is 0.823. The first-order chi connectivity index (χ1) is 9.15. The van der Waals surface area contributed by atoms with Crippen molar-refractivity contribution >= 4 is 28.4 Å². The number of aromatic nitrogens is 2. The van der Waals surface area contributed by atoms with Crippen molar-refractivity contribution in [3.8, 4) is 0 Å². The van der Waals surface area contributed by atoms with Gasteiger partial charge in [0, 0.05) is 11.1 Å². The van der Waals surface area contributed by atoms with E-state index in [4.69, 9.17) is 17.2 Å². The van der Waals surface area contributed by atoms with Crippen molar-refractivity contribution in [1.29, 1.82) is 0 Å². The summed E-state index contributed by atoms with van der Waals surface area (Å²) < 4.78 is 0. The van der Waals surface area contributed by atoms with Crippen LogP contribution in [0.3, 0.4) is 0 Å². The molecule has 5 heteroatoms. The molecule has 0 bridgehead atoms. The van der Waals surface area contributed by atoms with Gasteiger partial charge in [-0.05, 0) is 30.0 Å². The molecule has 1 aromatic carbocycles. The maximum absolute atomic E-state index is 6.08. The van der Waals surface area contributed by atoms with Gasteiger partial charge in [0.05, 0.1) is 5.52 Å². The van der Waals surface area contributed by atoms with E-state index in [2.05, 4.69) is 22.1 Å². The van der Waals surface area contributed by atoms with E-state index in [1.807, 2.05) is 24.3 Å². The number of allylic oxidation sites excluding steroid dienone is 4. The largest absolute Gasteiger partial charge is 0.398 e. The summed E-state index contributed by atoms with van der Waals surface area (Å²) in [6.07, 6.45) is 9.11. The summed E-state index contributed by atoms with van der Waals surface area (Å²) in [6, 6.07) is 3.66. The van der Waals surface area contributed by atoms with E-state index in [-0.39, 0.29) is 5.95 Å². The Morgan fingerprint density at radius 3 is 2.47 bits per heavy atom. The molecule has 2 aromatic rings. The third-order valence-corrected chi connectivity index (χ3v) is 3.32. The van der Waals surface area contributed by atoms with Gasteiger partial charge < -0.3 is 17.2 Å². The molecule has 0 amide bonds. The fourth-order valence-corrected chi connectivity index (χ4v) is 2.43. The molecule has 0 fully saturated rings. The van der Waals surface area contributed by atoms with Crippen molar-refractivity contribution in [3.63, 3.8) is 0 Å². The highest BCUT2D eigenvalue weighted by Crippen LogP contribution is 2.30. The Bertz CT molecular complexity index is 691. The second-order valence-corrected chi connectivity index (χ2v) is 4.63. The Hall–Kier alpha value is -2.56. The number of nitrogens with zero attached hydrogens (tertiary/aromatic N) is 2. The molecule has 96 valence electrons. The fraction of sp³-hybridized carbons (Fsp3) is 0.143. The van der Waals surface area contributed by atoms with Crippen molar-refractivity contribution < 1.29 is 0 Å². The van der Waals surface area contributed by atoms with E-state index in [9.17, 15) is 0 Å². The molecule has 1 aliphatic rings. The van der Waals surface area contributed by atoms with Gasteiger partial charge in [-0.15, -0.1) is 0 Å². The van der Waals surface area contributed by atoms with Crippen molar-refractivity contribution in [2.75, 3.05) is 17.2 Å². The van der Waals surface area contributed by atoms with Crippen LogP contribution in [0.1, 0.15) is 5.56 Å². The lowest BCUT2D eigenvalue weighted by Crippen LogP contribution is -2.06. The topological polar surface area (TPSA) is 104 Å². The molecule has 3 rings (SSSR count). The molecular formula is C14H15N5. The molecule has 0 saturated heterocycles. The molecule has 19 heavy (non-hydrogen) atoms. The maximum atomic E-state index is 6.08. The summed E-state index contributed by atoms with van der Waals surface area (Å²) >= 11 is 0. The minimum atomic E-state index is 0.182. The first-order valence-electron chi connectivity index (χ1n) is 6.10. The van der Waals surface area contributed by atoms with Crippen LogP contribution in [0.15, 0.2) is 36.4 Å². The highest BCUT2D eigenvalue weighted by molar-refractivity contribution is 5.95. The second-order valence-electron chi connectivity index (χ2n) is 4.63. The molecule has 1 aliphatic carbocycles. The van der Waals surface area contributed by atoms with Gasteiger partial charge in [0.25, 0.3) is 0 Å². The summed E-state index contributed by atoms with van der Waals surface area (Å²) in [4.78, 5) is 8.24. The van der Waals surface area contributed by atoms with Crippen molar-refractivity contribution in [2.24, 2.45) is 5.92 Å². The SMILES string of the molecule is Nc1nc(N)c2c(CC3C=CC=C3)c(N)ccc2n1. The predicted molar refractivity (Wildman–Crippen MR) is 78.2 cm³/mol. The third kappa shape index (κ3) is 1.99. The van der Waals surface area contributed by atoms with E-state index in [1.54, 1.807) is 0 Å². The lowest BCUT2D eigenvalue weighted by Gasteiger charge is -2.13. The van der Waals surface area contributed by atoms with Crippen LogP contribution in [-0.4, -0.2) is 9.97 Å². The standard InChI is InChI=1S/C14H15N5/c15-10-5-6-11-12(13(16)19-14(17)18-11)9(10)7-8-3-1-2-4-8/h1-6,8H,7,15H2,(H4,16,17,18,19). The summed E-state index contributed by atoms with van der Waals surface area (Å²) in [5.41, 5.74) is 20.1. The number of hydrogen-bond donors (Lipinski definition) is 3. The first-order valence-corrected chi connectivity index (χ1v) is 6.10. The van der Waals surface area contributed by atoms with E-state index in [1.165, 1.54) is 0 Å². The maximum Gasteiger partial charge on any atom is 0.222 e. The zero-order valence-electron chi connectivity index (χ0n) is 10.4. The van der Waals surface area contributed by atoms with Crippen LogP contribution in [0.4, 0.5) is 17.5 Å². The normalized spacial score (nSPS) is 14.5. The average Bonchev–Trinajstić information content (AvgIpc) is 2.85. The highest BCUT2D eigenvalue weighted by Gasteiger charge is 2.15. The van der Waals surface area contributed by atoms with Gasteiger partial charge in [0.2, 0.25) is 5.95 Å². The monoisotopic (exact) mass is 253 g/mol. The van der Waals surface area contributed by atoms with Crippen LogP contribution < -0.4 is 17.2 Å². The highest BCUT2D eigenvalue weighted by atomic mass is 15.0. The summed E-state index contributed by atoms with van der Waals surface area (Å²) in [5, 5.41) is 0.808. The van der Waals surface area contributed by atoms with Gasteiger partial charge in [-0.1, -0.05) is 24.3 Å². The molecule has 0 atom stereocenters. The van der Waals surface area contributed by atoms with Gasteiger partial charge in [0.15, 0.2) is 0 Å². The predicted octanol–water partition coefficient (Wildman–Crippen LogP) is 1.66. The average molecular weight is 253 g/mol. The number of benzene rings is 1. The Kier molecular flexibility index (Phi) is 2.59. The summed E-state index contributed by atoms with van der Waals surface area (Å²) in [7, 11) is 0. The Morgan fingerprint density at radius 1 is 1.00 bits per heavy atom. The number of hydrogen-bond acceptors (Lipinski definition) is 5. The van der Waals surface area contributed by atoms with Crippen LogP contribution in [-0.2, 0) is 6.42 Å². The van der Waals surface area contributed by atoms with E-state index < -0.39 is 0 Å². The summed E-state index contributed by atoms with van der Waals surface area (Å²) in [6.45, 7) is 0. The van der Waals surface area contributed by atoms with E-state index in [0.29, 0.717) is 17.4 Å². The Labute approximate surface area is 110 Å². The van der Waals surface area contributed by atoms with Crippen LogP contribution in [0.2, 0.25) is 0 Å². The number of anilines is 3. The minimum Gasteiger partial charge on any atom is -0.398 e. The zero-order chi connectivity index (χ0) is 13.4. The molecule has 0 radical (unpaired) electrons. The van der Waals surface area contributed by atoms with Crippen LogP contribution in [0, 0.1) is 5.92 Å². The lowest BCUT2D eigenvalue weighted by atomic mass is 9.96. The van der Waals surface area contributed by atoms with E-state index >= 15 is 0 Å². The van der Waals surface area contributed by atoms with Gasteiger partial charge in [-0.3, -0.25) is 0 Å². The first kappa shape index (κ1) is 11.5. The van der Waals surface area contributed by atoms with Gasteiger partial charge in [-0.25, -0.2) is 4.98 Å². The van der Waals surface area contributed by atoms with Crippen LogP contribution >= 0.6 is 0 Å². The Balaban J connectivity index is 2.18. The van der Waals surface area contributed by atoms with Crippen LogP contribution in [0.5, 0.6) is 0 Å².